The first-order chi connectivity index (χ1) is 14.7. The smallest absolute Gasteiger partial charge is 0.191 e. The molecule has 2 N–H and O–H groups in total. The predicted octanol–water partition coefficient (Wildman–Crippen LogP) is 4.00. The van der Waals surface area contributed by atoms with Crippen molar-refractivity contribution in [3.8, 4) is 5.75 Å². The van der Waals surface area contributed by atoms with E-state index in [-0.39, 0.29) is 36.1 Å². The van der Waals surface area contributed by atoms with E-state index in [0.29, 0.717) is 6.54 Å². The molecule has 2 atom stereocenters. The Kier molecular flexibility index (Phi) is 11.1. The van der Waals surface area contributed by atoms with Crippen LogP contribution in [0.4, 0.5) is 0 Å². The molecule has 2 aromatic carbocycles. The van der Waals surface area contributed by atoms with E-state index in [0.717, 1.165) is 36.9 Å². The lowest BCUT2D eigenvalue weighted by atomic mass is 10.1. The van der Waals surface area contributed by atoms with Gasteiger partial charge in [0, 0.05) is 27.2 Å². The van der Waals surface area contributed by atoms with Crippen LogP contribution in [0.25, 0.3) is 0 Å². The van der Waals surface area contributed by atoms with Gasteiger partial charge in [-0.2, -0.15) is 0 Å². The lowest BCUT2D eigenvalue weighted by molar-refractivity contribution is 0.106. The maximum absolute atomic E-state index is 5.67. The number of hydrogen-bond acceptors (Lipinski definition) is 4. The van der Waals surface area contributed by atoms with E-state index in [1.165, 1.54) is 18.4 Å². The first kappa shape index (κ1) is 25.4. The molecule has 1 heterocycles. The minimum atomic E-state index is -0.0301. The zero-order valence-electron chi connectivity index (χ0n) is 18.7. The summed E-state index contributed by atoms with van der Waals surface area (Å²) in [7, 11) is 5.25. The molecule has 1 saturated heterocycles. The molecule has 1 aliphatic heterocycles. The highest BCUT2D eigenvalue weighted by molar-refractivity contribution is 14.0. The van der Waals surface area contributed by atoms with Gasteiger partial charge < -0.3 is 20.1 Å². The van der Waals surface area contributed by atoms with Crippen LogP contribution in [0.5, 0.6) is 5.75 Å². The van der Waals surface area contributed by atoms with Gasteiger partial charge in [0.25, 0.3) is 0 Å². The van der Waals surface area contributed by atoms with Crippen LogP contribution < -0.4 is 15.4 Å². The molecule has 0 aliphatic carbocycles. The van der Waals surface area contributed by atoms with Crippen molar-refractivity contribution in [1.29, 1.82) is 0 Å². The van der Waals surface area contributed by atoms with Crippen molar-refractivity contribution in [2.24, 2.45) is 4.99 Å². The molecule has 0 bridgehead atoms. The summed E-state index contributed by atoms with van der Waals surface area (Å²) in [5.74, 6) is 1.67. The zero-order valence-corrected chi connectivity index (χ0v) is 21.0. The molecule has 0 radical (unpaired) electrons. The van der Waals surface area contributed by atoms with E-state index in [1.807, 2.05) is 24.3 Å². The average Bonchev–Trinajstić information content (AvgIpc) is 3.33. The van der Waals surface area contributed by atoms with E-state index in [2.05, 4.69) is 50.9 Å². The second kappa shape index (κ2) is 13.5. The van der Waals surface area contributed by atoms with E-state index >= 15 is 0 Å². The van der Waals surface area contributed by atoms with Gasteiger partial charge in [-0.05, 0) is 49.2 Å². The Bertz CT molecular complexity index is 797. The van der Waals surface area contributed by atoms with E-state index in [1.54, 1.807) is 21.3 Å². The van der Waals surface area contributed by atoms with Crippen LogP contribution in [-0.2, 0) is 4.74 Å². The highest BCUT2D eigenvalue weighted by Gasteiger charge is 2.24. The van der Waals surface area contributed by atoms with E-state index in [9.17, 15) is 0 Å². The Morgan fingerprint density at radius 1 is 0.968 bits per heavy atom. The fourth-order valence-corrected chi connectivity index (χ4v) is 3.97. The largest absolute Gasteiger partial charge is 0.497 e. The number of methoxy groups -OCH3 is 2. The summed E-state index contributed by atoms with van der Waals surface area (Å²) in [5.41, 5.74) is 2.41. The molecule has 31 heavy (non-hydrogen) atoms. The molecular formula is C24H35IN4O2. The third kappa shape index (κ3) is 7.36. The Morgan fingerprint density at radius 3 is 2.29 bits per heavy atom. The highest BCUT2D eigenvalue weighted by Crippen LogP contribution is 2.27. The van der Waals surface area contributed by atoms with Crippen molar-refractivity contribution >= 4 is 29.9 Å². The van der Waals surface area contributed by atoms with Crippen molar-refractivity contribution in [3.63, 3.8) is 0 Å². The number of ether oxygens (including phenoxy) is 2. The van der Waals surface area contributed by atoms with Crippen molar-refractivity contribution in [1.82, 2.24) is 15.5 Å². The molecule has 3 rings (SSSR count). The van der Waals surface area contributed by atoms with Gasteiger partial charge in [0.15, 0.2) is 5.96 Å². The van der Waals surface area contributed by atoms with Crippen LogP contribution in [0, 0.1) is 0 Å². The number of nitrogens with zero attached hydrogens (tertiary/aromatic N) is 2. The highest BCUT2D eigenvalue weighted by atomic mass is 127. The average molecular weight is 538 g/mol. The van der Waals surface area contributed by atoms with Crippen LogP contribution in [0.15, 0.2) is 59.6 Å². The number of likely N-dealkylation sites (tertiary alicyclic amines) is 1. The Balaban J connectivity index is 0.00000341. The summed E-state index contributed by atoms with van der Waals surface area (Å²) in [4.78, 5) is 6.95. The van der Waals surface area contributed by atoms with Crippen molar-refractivity contribution in [2.45, 2.75) is 25.0 Å². The molecule has 170 valence electrons. The molecule has 0 saturated carbocycles. The summed E-state index contributed by atoms with van der Waals surface area (Å²) in [5, 5.41) is 6.92. The van der Waals surface area contributed by atoms with Gasteiger partial charge in [-0.3, -0.25) is 9.89 Å². The summed E-state index contributed by atoms with van der Waals surface area (Å²) in [6.45, 7) is 3.66. The first-order valence-electron chi connectivity index (χ1n) is 10.7. The monoisotopic (exact) mass is 538 g/mol. The molecule has 1 fully saturated rings. The van der Waals surface area contributed by atoms with Gasteiger partial charge in [0.1, 0.15) is 5.75 Å². The second-order valence-corrected chi connectivity index (χ2v) is 7.50. The first-order valence-corrected chi connectivity index (χ1v) is 10.7. The number of halogens is 1. The number of aliphatic imine (C=N–C) groups is 1. The summed E-state index contributed by atoms with van der Waals surface area (Å²) >= 11 is 0. The quantitative estimate of drug-likeness (QED) is 0.287. The lowest BCUT2D eigenvalue weighted by Crippen LogP contribution is -2.43. The van der Waals surface area contributed by atoms with E-state index in [4.69, 9.17) is 9.47 Å². The van der Waals surface area contributed by atoms with Gasteiger partial charge in [-0.15, -0.1) is 24.0 Å². The van der Waals surface area contributed by atoms with Gasteiger partial charge in [0.05, 0.1) is 19.3 Å². The number of benzene rings is 2. The number of guanidine groups is 1. The lowest BCUT2D eigenvalue weighted by Gasteiger charge is -2.29. The topological polar surface area (TPSA) is 58.1 Å². The number of nitrogens with one attached hydrogen (secondary N) is 2. The summed E-state index contributed by atoms with van der Waals surface area (Å²) in [6, 6.07) is 18.9. The summed E-state index contributed by atoms with van der Waals surface area (Å²) in [6.07, 6.45) is 2.47. The molecule has 2 aromatic rings. The molecule has 2 unspecified atom stereocenters. The Labute approximate surface area is 203 Å². The van der Waals surface area contributed by atoms with Crippen molar-refractivity contribution < 1.29 is 9.47 Å². The molecule has 7 heteroatoms. The third-order valence-electron chi connectivity index (χ3n) is 5.66. The van der Waals surface area contributed by atoms with Gasteiger partial charge in [-0.25, -0.2) is 0 Å². The minimum absolute atomic E-state index is 0. The number of hydrogen-bond donors (Lipinski definition) is 2. The fraction of sp³-hybridized carbons (Fsp3) is 0.458. The van der Waals surface area contributed by atoms with Crippen LogP contribution >= 0.6 is 24.0 Å². The van der Waals surface area contributed by atoms with Crippen LogP contribution in [0.2, 0.25) is 0 Å². The van der Waals surface area contributed by atoms with Gasteiger partial charge in [-0.1, -0.05) is 42.5 Å². The molecule has 1 aliphatic rings. The van der Waals surface area contributed by atoms with Crippen molar-refractivity contribution in [2.75, 3.05) is 47.4 Å². The molecule has 0 aromatic heterocycles. The fourth-order valence-electron chi connectivity index (χ4n) is 3.97. The standard InChI is InChI=1S/C24H34N4O2.HI/c1-25-24(27-18-23(30-3)19-10-5-4-6-11-19)26-17-22(28-14-7-8-15-28)20-12-9-13-21(16-20)29-2;/h4-6,9-13,16,22-23H,7-8,14-15,17-18H2,1-3H3,(H2,25,26,27);1H. The van der Waals surface area contributed by atoms with Gasteiger partial charge in [0.2, 0.25) is 0 Å². The molecular weight excluding hydrogens is 503 g/mol. The Morgan fingerprint density at radius 2 is 1.65 bits per heavy atom. The van der Waals surface area contributed by atoms with Crippen LogP contribution in [-0.4, -0.2) is 58.3 Å². The molecule has 0 amide bonds. The van der Waals surface area contributed by atoms with E-state index < -0.39 is 0 Å². The zero-order chi connectivity index (χ0) is 21.2. The van der Waals surface area contributed by atoms with Gasteiger partial charge >= 0.3 is 0 Å². The number of rotatable bonds is 9. The SMILES string of the molecule is CN=C(NCC(OC)c1ccccc1)NCC(c1cccc(OC)c1)N1CCCC1.I. The molecule has 6 nitrogen and oxygen atoms in total. The third-order valence-corrected chi connectivity index (χ3v) is 5.66. The summed E-state index contributed by atoms with van der Waals surface area (Å²) < 4.78 is 11.1. The Hall–Kier alpha value is -1.84. The predicted molar refractivity (Wildman–Crippen MR) is 138 cm³/mol. The maximum Gasteiger partial charge on any atom is 0.191 e. The maximum atomic E-state index is 5.67. The minimum Gasteiger partial charge on any atom is -0.497 e. The van der Waals surface area contributed by atoms with Crippen LogP contribution in [0.3, 0.4) is 0 Å². The van der Waals surface area contributed by atoms with Crippen LogP contribution in [0.1, 0.15) is 36.1 Å². The normalized spacial score (nSPS) is 16.3. The van der Waals surface area contributed by atoms with Crippen molar-refractivity contribution in [3.05, 3.63) is 65.7 Å². The molecule has 0 spiro atoms. The second-order valence-electron chi connectivity index (χ2n) is 7.50.